The molecule has 0 atom stereocenters. The fourth-order valence-electron chi connectivity index (χ4n) is 4.16. The zero-order valence-electron chi connectivity index (χ0n) is 15.8. The average molecular weight is 365 g/mol. The van der Waals surface area contributed by atoms with Gasteiger partial charge in [-0.2, -0.15) is 0 Å². The summed E-state index contributed by atoms with van der Waals surface area (Å²) in [6.45, 7) is 5.75. The fourth-order valence-corrected chi connectivity index (χ4v) is 4.16. The molecular weight excluding hydrogens is 338 g/mol. The predicted molar refractivity (Wildman–Crippen MR) is 107 cm³/mol. The van der Waals surface area contributed by atoms with Crippen molar-refractivity contribution in [3.63, 3.8) is 0 Å². The number of benzene rings is 2. The summed E-state index contributed by atoms with van der Waals surface area (Å²) in [7, 11) is 0. The van der Waals surface area contributed by atoms with Crippen molar-refractivity contribution in [3.05, 3.63) is 48.0 Å². The number of nitrogens with zero attached hydrogens (tertiary/aromatic N) is 3. The van der Waals surface area contributed by atoms with E-state index >= 15 is 0 Å². The van der Waals surface area contributed by atoms with Gasteiger partial charge >= 0.3 is 0 Å². The van der Waals surface area contributed by atoms with Gasteiger partial charge in [0.05, 0.1) is 0 Å². The Morgan fingerprint density at radius 3 is 2.48 bits per heavy atom. The van der Waals surface area contributed by atoms with Crippen LogP contribution >= 0.6 is 0 Å². The zero-order valence-corrected chi connectivity index (χ0v) is 15.8. The Kier molecular flexibility index (Phi) is 5.39. The van der Waals surface area contributed by atoms with Crippen molar-refractivity contribution in [1.82, 2.24) is 14.7 Å². The molecule has 0 aromatic heterocycles. The Morgan fingerprint density at radius 2 is 1.63 bits per heavy atom. The van der Waals surface area contributed by atoms with E-state index in [-0.39, 0.29) is 11.8 Å². The van der Waals surface area contributed by atoms with Crippen LogP contribution in [0.4, 0.5) is 0 Å². The molecule has 2 aliphatic rings. The third-order valence-corrected chi connectivity index (χ3v) is 5.78. The SMILES string of the molecule is O=C1CCN(C(=O)c2cccc3ccccc23)CCN1CCN1CCCC1. The van der Waals surface area contributed by atoms with Crippen molar-refractivity contribution in [2.45, 2.75) is 19.3 Å². The molecular formula is C22H27N3O2. The molecule has 0 aliphatic carbocycles. The Labute approximate surface area is 160 Å². The topological polar surface area (TPSA) is 43.9 Å². The maximum absolute atomic E-state index is 13.1. The molecule has 27 heavy (non-hydrogen) atoms. The Hall–Kier alpha value is -2.40. The van der Waals surface area contributed by atoms with Crippen molar-refractivity contribution in [2.24, 2.45) is 0 Å². The quantitative estimate of drug-likeness (QED) is 0.837. The molecule has 5 heteroatoms. The highest BCUT2D eigenvalue weighted by Gasteiger charge is 2.25. The van der Waals surface area contributed by atoms with Gasteiger partial charge in [-0.1, -0.05) is 36.4 Å². The Bertz CT molecular complexity index is 824. The first kappa shape index (κ1) is 18.0. The standard InChI is InChI=1S/C22H27N3O2/c26-21-10-13-25(17-16-24(21)15-14-23-11-3-4-12-23)22(27)20-9-5-7-18-6-1-2-8-19(18)20/h1-2,5-9H,3-4,10-17H2. The monoisotopic (exact) mass is 365 g/mol. The number of carbonyl (C=O) groups is 2. The van der Waals surface area contributed by atoms with Crippen LogP contribution in [0.25, 0.3) is 10.8 Å². The molecule has 0 saturated carbocycles. The second kappa shape index (κ2) is 8.09. The molecule has 0 bridgehead atoms. The number of rotatable bonds is 4. The highest BCUT2D eigenvalue weighted by Crippen LogP contribution is 2.21. The molecule has 0 spiro atoms. The van der Waals surface area contributed by atoms with E-state index in [1.54, 1.807) is 0 Å². The summed E-state index contributed by atoms with van der Waals surface area (Å²) in [5, 5.41) is 2.05. The van der Waals surface area contributed by atoms with Gasteiger partial charge < -0.3 is 14.7 Å². The van der Waals surface area contributed by atoms with Crippen LogP contribution in [0.2, 0.25) is 0 Å². The lowest BCUT2D eigenvalue weighted by Crippen LogP contribution is -2.39. The number of amides is 2. The third-order valence-electron chi connectivity index (χ3n) is 5.78. The maximum Gasteiger partial charge on any atom is 0.254 e. The van der Waals surface area contributed by atoms with Gasteiger partial charge in [0.25, 0.3) is 5.91 Å². The second-order valence-corrected chi connectivity index (χ2v) is 7.50. The maximum atomic E-state index is 13.1. The van der Waals surface area contributed by atoms with Crippen LogP contribution in [0.3, 0.4) is 0 Å². The van der Waals surface area contributed by atoms with Crippen LogP contribution in [0.1, 0.15) is 29.6 Å². The van der Waals surface area contributed by atoms with E-state index < -0.39 is 0 Å². The summed E-state index contributed by atoms with van der Waals surface area (Å²) in [5.74, 6) is 0.198. The summed E-state index contributed by atoms with van der Waals surface area (Å²) in [6, 6.07) is 13.8. The molecule has 2 aromatic rings. The van der Waals surface area contributed by atoms with E-state index in [4.69, 9.17) is 0 Å². The number of fused-ring (bicyclic) bond motifs is 1. The van der Waals surface area contributed by atoms with Crippen molar-refractivity contribution in [3.8, 4) is 0 Å². The summed E-state index contributed by atoms with van der Waals surface area (Å²) >= 11 is 0. The predicted octanol–water partition coefficient (Wildman–Crippen LogP) is 2.61. The molecule has 5 nitrogen and oxygen atoms in total. The summed E-state index contributed by atoms with van der Waals surface area (Å²) in [4.78, 5) is 31.9. The van der Waals surface area contributed by atoms with Crippen LogP contribution in [0.15, 0.2) is 42.5 Å². The van der Waals surface area contributed by atoms with Gasteiger partial charge in [0.2, 0.25) is 5.91 Å². The molecule has 2 heterocycles. The molecule has 4 rings (SSSR count). The fraction of sp³-hybridized carbons (Fsp3) is 0.455. The molecule has 2 fully saturated rings. The third kappa shape index (κ3) is 3.98. The van der Waals surface area contributed by atoms with Crippen LogP contribution < -0.4 is 0 Å². The molecule has 2 amide bonds. The van der Waals surface area contributed by atoms with Gasteiger partial charge in [0.15, 0.2) is 0 Å². The first-order chi connectivity index (χ1) is 13.2. The van der Waals surface area contributed by atoms with E-state index in [0.29, 0.717) is 26.1 Å². The zero-order chi connectivity index (χ0) is 18.6. The molecule has 2 aromatic carbocycles. The van der Waals surface area contributed by atoms with Gasteiger partial charge in [0, 0.05) is 44.7 Å². The lowest BCUT2D eigenvalue weighted by Gasteiger charge is -2.25. The molecule has 0 N–H and O–H groups in total. The minimum atomic E-state index is 0.0287. The van der Waals surface area contributed by atoms with Gasteiger partial charge in [-0.3, -0.25) is 9.59 Å². The van der Waals surface area contributed by atoms with Crippen LogP contribution in [0.5, 0.6) is 0 Å². The van der Waals surface area contributed by atoms with Gasteiger partial charge in [-0.15, -0.1) is 0 Å². The van der Waals surface area contributed by atoms with E-state index in [9.17, 15) is 9.59 Å². The van der Waals surface area contributed by atoms with E-state index in [2.05, 4.69) is 4.90 Å². The average Bonchev–Trinajstić information content (AvgIpc) is 3.15. The van der Waals surface area contributed by atoms with Crippen molar-refractivity contribution < 1.29 is 9.59 Å². The highest BCUT2D eigenvalue weighted by molar-refractivity contribution is 6.07. The van der Waals surface area contributed by atoms with Gasteiger partial charge in [-0.05, 0) is 42.8 Å². The number of hydrogen-bond acceptors (Lipinski definition) is 3. The van der Waals surface area contributed by atoms with Crippen molar-refractivity contribution >= 4 is 22.6 Å². The normalized spacial score (nSPS) is 18.9. The van der Waals surface area contributed by atoms with Gasteiger partial charge in [-0.25, -0.2) is 0 Å². The van der Waals surface area contributed by atoms with Crippen LogP contribution in [0, 0.1) is 0 Å². The summed E-state index contributed by atoms with van der Waals surface area (Å²) in [6.07, 6.45) is 2.94. The molecule has 0 radical (unpaired) electrons. The van der Waals surface area contributed by atoms with Crippen molar-refractivity contribution in [1.29, 1.82) is 0 Å². The lowest BCUT2D eigenvalue weighted by molar-refractivity contribution is -0.130. The molecule has 0 unspecified atom stereocenters. The van der Waals surface area contributed by atoms with Gasteiger partial charge in [0.1, 0.15) is 0 Å². The van der Waals surface area contributed by atoms with E-state index in [0.717, 1.165) is 42.5 Å². The molecule has 142 valence electrons. The molecule has 2 saturated heterocycles. The first-order valence-corrected chi connectivity index (χ1v) is 9.99. The second-order valence-electron chi connectivity index (χ2n) is 7.50. The minimum absolute atomic E-state index is 0.0287. The highest BCUT2D eigenvalue weighted by atomic mass is 16.2. The van der Waals surface area contributed by atoms with E-state index in [1.165, 1.54) is 12.8 Å². The summed E-state index contributed by atoms with van der Waals surface area (Å²) < 4.78 is 0. The van der Waals surface area contributed by atoms with Crippen LogP contribution in [-0.2, 0) is 4.79 Å². The first-order valence-electron chi connectivity index (χ1n) is 9.99. The number of likely N-dealkylation sites (tertiary alicyclic amines) is 1. The minimum Gasteiger partial charge on any atom is -0.340 e. The number of carbonyl (C=O) groups excluding carboxylic acids is 2. The summed E-state index contributed by atoms with van der Waals surface area (Å²) in [5.41, 5.74) is 0.728. The largest absolute Gasteiger partial charge is 0.340 e. The number of hydrogen-bond donors (Lipinski definition) is 0. The smallest absolute Gasteiger partial charge is 0.254 e. The van der Waals surface area contributed by atoms with E-state index in [1.807, 2.05) is 52.3 Å². The lowest BCUT2D eigenvalue weighted by atomic mass is 10.0. The van der Waals surface area contributed by atoms with Crippen LogP contribution in [-0.4, -0.2) is 72.3 Å². The van der Waals surface area contributed by atoms with Crippen molar-refractivity contribution in [2.75, 3.05) is 45.8 Å². The Balaban J connectivity index is 1.43. The Morgan fingerprint density at radius 1 is 0.852 bits per heavy atom. The molecule has 2 aliphatic heterocycles.